The Balaban J connectivity index is 1.59. The van der Waals surface area contributed by atoms with Crippen molar-refractivity contribution in [2.45, 2.75) is 20.0 Å². The van der Waals surface area contributed by atoms with E-state index in [1.165, 1.54) is 6.20 Å². The number of esters is 1. The normalized spacial score (nSPS) is 15.0. The lowest BCUT2D eigenvalue weighted by Gasteiger charge is -2.27. The van der Waals surface area contributed by atoms with Gasteiger partial charge in [-0.2, -0.15) is 0 Å². The van der Waals surface area contributed by atoms with Gasteiger partial charge in [0.1, 0.15) is 11.6 Å². The Hall–Kier alpha value is -2.93. The van der Waals surface area contributed by atoms with Gasteiger partial charge in [-0.25, -0.2) is 9.78 Å². The Morgan fingerprint density at radius 1 is 1.11 bits per heavy atom. The number of morpholine rings is 1. The average Bonchev–Trinajstić information content (AvgIpc) is 2.74. The van der Waals surface area contributed by atoms with E-state index in [2.05, 4.69) is 9.88 Å². The van der Waals surface area contributed by atoms with Crippen LogP contribution in [0.1, 0.15) is 34.6 Å². The maximum Gasteiger partial charge on any atom is 0.340 e. The van der Waals surface area contributed by atoms with Crippen molar-refractivity contribution in [1.82, 2.24) is 4.98 Å². The van der Waals surface area contributed by atoms with Crippen LogP contribution in [0.2, 0.25) is 0 Å². The van der Waals surface area contributed by atoms with Crippen LogP contribution in [0.25, 0.3) is 0 Å². The van der Waals surface area contributed by atoms with Crippen LogP contribution in [0.3, 0.4) is 0 Å². The fourth-order valence-corrected chi connectivity index (χ4v) is 2.89. The van der Waals surface area contributed by atoms with E-state index < -0.39 is 12.1 Å². The van der Waals surface area contributed by atoms with Crippen LogP contribution < -0.4 is 9.64 Å². The molecule has 0 radical (unpaired) electrons. The predicted molar refractivity (Wildman–Crippen MR) is 104 cm³/mol. The van der Waals surface area contributed by atoms with Crippen molar-refractivity contribution in [3.05, 3.63) is 53.7 Å². The van der Waals surface area contributed by atoms with E-state index in [0.717, 1.165) is 18.9 Å². The molecule has 0 amide bonds. The molecule has 3 rings (SSSR count). The summed E-state index contributed by atoms with van der Waals surface area (Å²) in [5, 5.41) is 0. The van der Waals surface area contributed by atoms with Crippen molar-refractivity contribution in [3.8, 4) is 5.75 Å². The van der Waals surface area contributed by atoms with E-state index >= 15 is 0 Å². The van der Waals surface area contributed by atoms with E-state index in [4.69, 9.17) is 14.2 Å². The average molecular weight is 384 g/mol. The summed E-state index contributed by atoms with van der Waals surface area (Å²) in [6, 6.07) is 10.2. The number of pyridine rings is 1. The summed E-state index contributed by atoms with van der Waals surface area (Å²) >= 11 is 0. The molecular formula is C21H24N2O5. The minimum absolute atomic E-state index is 0.269. The number of rotatable bonds is 7. The summed E-state index contributed by atoms with van der Waals surface area (Å²) in [6.07, 6.45) is 0.575. The highest BCUT2D eigenvalue weighted by molar-refractivity contribution is 6.01. The minimum Gasteiger partial charge on any atom is -0.494 e. The van der Waals surface area contributed by atoms with Crippen LogP contribution in [-0.4, -0.2) is 55.8 Å². The van der Waals surface area contributed by atoms with E-state index in [-0.39, 0.29) is 5.78 Å². The number of anilines is 1. The van der Waals surface area contributed by atoms with Crippen molar-refractivity contribution in [2.75, 3.05) is 37.8 Å². The van der Waals surface area contributed by atoms with Crippen molar-refractivity contribution in [1.29, 1.82) is 0 Å². The molecule has 1 aliphatic heterocycles. The van der Waals surface area contributed by atoms with Gasteiger partial charge in [0.15, 0.2) is 6.10 Å². The SMILES string of the molecule is CCOc1ccc(C(=O)C(C)OC(=O)c2ccc(N3CCOCC3)nc2)cc1. The summed E-state index contributed by atoms with van der Waals surface area (Å²) in [6.45, 7) is 6.87. The molecule has 1 aromatic carbocycles. The van der Waals surface area contributed by atoms with Crippen LogP contribution in [-0.2, 0) is 9.47 Å². The predicted octanol–water partition coefficient (Wildman–Crippen LogP) is 2.75. The summed E-state index contributed by atoms with van der Waals surface area (Å²) in [5.41, 5.74) is 0.771. The molecule has 2 aromatic rings. The number of ketones is 1. The first-order valence-electron chi connectivity index (χ1n) is 9.35. The number of benzene rings is 1. The molecule has 2 heterocycles. The molecule has 7 heteroatoms. The molecule has 148 valence electrons. The molecule has 1 aliphatic rings. The molecule has 7 nitrogen and oxygen atoms in total. The number of hydrogen-bond donors (Lipinski definition) is 0. The van der Waals surface area contributed by atoms with Gasteiger partial charge < -0.3 is 19.1 Å². The molecular weight excluding hydrogens is 360 g/mol. The number of hydrogen-bond acceptors (Lipinski definition) is 7. The largest absolute Gasteiger partial charge is 0.494 e. The van der Waals surface area contributed by atoms with Gasteiger partial charge in [-0.1, -0.05) is 0 Å². The number of carbonyl (C=O) groups excluding carboxylic acids is 2. The Labute approximate surface area is 164 Å². The zero-order valence-electron chi connectivity index (χ0n) is 16.1. The molecule has 0 bridgehead atoms. The van der Waals surface area contributed by atoms with Gasteiger partial charge in [0.25, 0.3) is 0 Å². The van der Waals surface area contributed by atoms with E-state index in [0.29, 0.717) is 36.7 Å². The third-order valence-corrected chi connectivity index (χ3v) is 4.42. The van der Waals surface area contributed by atoms with Gasteiger partial charge in [-0.05, 0) is 50.2 Å². The first-order chi connectivity index (χ1) is 13.6. The molecule has 0 aliphatic carbocycles. The monoisotopic (exact) mass is 384 g/mol. The number of ether oxygens (including phenoxy) is 3. The van der Waals surface area contributed by atoms with Gasteiger partial charge in [0, 0.05) is 24.8 Å². The molecule has 1 saturated heterocycles. The van der Waals surface area contributed by atoms with Gasteiger partial charge in [-0.3, -0.25) is 4.79 Å². The Morgan fingerprint density at radius 2 is 1.79 bits per heavy atom. The highest BCUT2D eigenvalue weighted by Crippen LogP contribution is 2.16. The molecule has 0 saturated carbocycles. The van der Waals surface area contributed by atoms with E-state index in [1.807, 2.05) is 6.92 Å². The van der Waals surface area contributed by atoms with Crippen LogP contribution in [0, 0.1) is 0 Å². The number of carbonyl (C=O) groups is 2. The zero-order valence-corrected chi connectivity index (χ0v) is 16.1. The third-order valence-electron chi connectivity index (χ3n) is 4.42. The Morgan fingerprint density at radius 3 is 2.39 bits per heavy atom. The number of Topliss-reactive ketones (excluding diaryl/α,β-unsaturated/α-hetero) is 1. The van der Waals surface area contributed by atoms with E-state index in [9.17, 15) is 9.59 Å². The van der Waals surface area contributed by atoms with Crippen LogP contribution in [0.15, 0.2) is 42.6 Å². The minimum atomic E-state index is -0.899. The molecule has 1 aromatic heterocycles. The van der Waals surface area contributed by atoms with Gasteiger partial charge >= 0.3 is 5.97 Å². The topological polar surface area (TPSA) is 78.0 Å². The zero-order chi connectivity index (χ0) is 19.9. The standard InChI is InChI=1S/C21H24N2O5/c1-3-27-18-7-4-16(5-8-18)20(24)15(2)28-21(25)17-6-9-19(22-14-17)23-10-12-26-13-11-23/h4-9,14-15H,3,10-13H2,1-2H3. The summed E-state index contributed by atoms with van der Waals surface area (Å²) in [4.78, 5) is 31.3. The fraction of sp³-hybridized carbons (Fsp3) is 0.381. The molecule has 1 fully saturated rings. The van der Waals surface area contributed by atoms with Crippen molar-refractivity contribution < 1.29 is 23.8 Å². The summed E-state index contributed by atoms with van der Waals surface area (Å²) in [5.74, 6) is 0.635. The van der Waals surface area contributed by atoms with Gasteiger partial charge in [-0.15, -0.1) is 0 Å². The lowest BCUT2D eigenvalue weighted by Crippen LogP contribution is -2.36. The van der Waals surface area contributed by atoms with E-state index in [1.54, 1.807) is 43.3 Å². The molecule has 28 heavy (non-hydrogen) atoms. The highest BCUT2D eigenvalue weighted by atomic mass is 16.5. The number of nitrogens with zero attached hydrogens (tertiary/aromatic N) is 2. The van der Waals surface area contributed by atoms with Crippen molar-refractivity contribution >= 4 is 17.6 Å². The second kappa shape index (κ2) is 9.32. The smallest absolute Gasteiger partial charge is 0.340 e. The fourth-order valence-electron chi connectivity index (χ4n) is 2.89. The number of aromatic nitrogens is 1. The third kappa shape index (κ3) is 4.86. The van der Waals surface area contributed by atoms with Crippen LogP contribution in [0.5, 0.6) is 5.75 Å². The highest BCUT2D eigenvalue weighted by Gasteiger charge is 2.21. The van der Waals surface area contributed by atoms with Gasteiger partial charge in [0.2, 0.25) is 5.78 Å². The van der Waals surface area contributed by atoms with Crippen molar-refractivity contribution in [3.63, 3.8) is 0 Å². The summed E-state index contributed by atoms with van der Waals surface area (Å²) < 4.78 is 16.0. The first kappa shape index (κ1) is 19.8. The summed E-state index contributed by atoms with van der Waals surface area (Å²) in [7, 11) is 0. The maximum atomic E-state index is 12.5. The Bertz CT molecular complexity index is 799. The second-order valence-electron chi connectivity index (χ2n) is 6.37. The first-order valence-corrected chi connectivity index (χ1v) is 9.35. The van der Waals surface area contributed by atoms with Crippen molar-refractivity contribution in [2.24, 2.45) is 0 Å². The lowest BCUT2D eigenvalue weighted by molar-refractivity contribution is 0.0318. The second-order valence-corrected chi connectivity index (χ2v) is 6.37. The Kier molecular flexibility index (Phi) is 6.60. The molecule has 0 N–H and O–H groups in total. The molecule has 0 spiro atoms. The molecule has 1 unspecified atom stereocenters. The lowest BCUT2D eigenvalue weighted by atomic mass is 10.1. The van der Waals surface area contributed by atoms with Crippen LogP contribution in [0.4, 0.5) is 5.82 Å². The van der Waals surface area contributed by atoms with Crippen LogP contribution >= 0.6 is 0 Å². The van der Waals surface area contributed by atoms with Gasteiger partial charge in [0.05, 0.1) is 25.4 Å². The molecule has 1 atom stereocenters. The quantitative estimate of drug-likeness (QED) is 0.536. The maximum absolute atomic E-state index is 12.5.